The average Bonchev–Trinajstić information content (AvgIpc) is 2.71. The van der Waals surface area contributed by atoms with Gasteiger partial charge >= 0.3 is 0 Å². The second-order valence-corrected chi connectivity index (χ2v) is 3.73. The number of nitrogen functional groups attached to an aromatic ring is 1. The topological polar surface area (TPSA) is 43.8 Å². The van der Waals surface area contributed by atoms with Gasteiger partial charge in [0.25, 0.3) is 0 Å². The summed E-state index contributed by atoms with van der Waals surface area (Å²) in [7, 11) is 0. The van der Waals surface area contributed by atoms with E-state index >= 15 is 0 Å². The Bertz CT molecular complexity index is 517. The number of nitrogens with zero attached hydrogens (tertiary/aromatic N) is 2. The van der Waals surface area contributed by atoms with Crippen molar-refractivity contribution in [2.24, 2.45) is 0 Å². The molecule has 0 bridgehead atoms. The number of hydrogen-bond acceptors (Lipinski definition) is 2. The van der Waals surface area contributed by atoms with Gasteiger partial charge in [0.1, 0.15) is 11.6 Å². The van der Waals surface area contributed by atoms with Crippen molar-refractivity contribution in [3.63, 3.8) is 0 Å². The summed E-state index contributed by atoms with van der Waals surface area (Å²) in [6.07, 6.45) is 3.49. The molecule has 2 N–H and O–H groups in total. The zero-order valence-corrected chi connectivity index (χ0v) is 9.37. The fourth-order valence-electron chi connectivity index (χ4n) is 1.67. The fourth-order valence-corrected chi connectivity index (χ4v) is 1.67. The molecule has 3 nitrogen and oxygen atoms in total. The molecule has 0 unspecified atom stereocenters. The largest absolute Gasteiger partial charge is 0.398 e. The summed E-state index contributed by atoms with van der Waals surface area (Å²) in [5.74, 6) is 0.333. The molecule has 0 fully saturated rings. The lowest BCUT2D eigenvalue weighted by molar-refractivity contribution is 0.626. The van der Waals surface area contributed by atoms with Crippen LogP contribution in [0.5, 0.6) is 0 Å². The molecule has 0 aliphatic rings. The molecule has 1 aromatic heterocycles. The Labute approximate surface area is 93.7 Å². The average molecular weight is 219 g/mol. The Kier molecular flexibility index (Phi) is 2.64. The van der Waals surface area contributed by atoms with Crippen LogP contribution in [0.25, 0.3) is 11.4 Å². The number of benzene rings is 1. The number of aryl methyl sites for hydroxylation is 2. The first-order valence-electron chi connectivity index (χ1n) is 5.20. The van der Waals surface area contributed by atoms with Crippen LogP contribution < -0.4 is 5.73 Å². The van der Waals surface area contributed by atoms with Gasteiger partial charge in [-0.05, 0) is 31.5 Å². The maximum atomic E-state index is 13.8. The van der Waals surface area contributed by atoms with Gasteiger partial charge in [-0.15, -0.1) is 0 Å². The van der Waals surface area contributed by atoms with Gasteiger partial charge < -0.3 is 10.3 Å². The van der Waals surface area contributed by atoms with Crippen LogP contribution in [0, 0.1) is 12.7 Å². The molecule has 0 amide bonds. The highest BCUT2D eigenvalue weighted by atomic mass is 19.1. The normalized spacial score (nSPS) is 10.7. The minimum atomic E-state index is -0.285. The molecule has 0 saturated carbocycles. The van der Waals surface area contributed by atoms with E-state index in [2.05, 4.69) is 4.98 Å². The lowest BCUT2D eigenvalue weighted by atomic mass is 10.1. The highest BCUT2D eigenvalue weighted by molar-refractivity contribution is 5.64. The van der Waals surface area contributed by atoms with E-state index in [0.29, 0.717) is 17.1 Å². The first-order valence-corrected chi connectivity index (χ1v) is 5.20. The second kappa shape index (κ2) is 3.96. The molecule has 4 heteroatoms. The van der Waals surface area contributed by atoms with Crippen LogP contribution in [-0.2, 0) is 6.54 Å². The molecule has 2 rings (SSSR count). The van der Waals surface area contributed by atoms with E-state index in [1.54, 1.807) is 19.2 Å². The van der Waals surface area contributed by atoms with E-state index in [-0.39, 0.29) is 5.82 Å². The third-order valence-corrected chi connectivity index (χ3v) is 2.65. The van der Waals surface area contributed by atoms with Crippen molar-refractivity contribution in [2.75, 3.05) is 5.73 Å². The zero-order chi connectivity index (χ0) is 11.7. The number of rotatable bonds is 2. The van der Waals surface area contributed by atoms with Gasteiger partial charge in [0.2, 0.25) is 0 Å². The van der Waals surface area contributed by atoms with E-state index < -0.39 is 0 Å². The number of halogens is 1. The molecule has 0 spiro atoms. The molecule has 16 heavy (non-hydrogen) atoms. The van der Waals surface area contributed by atoms with Crippen LogP contribution in [0.1, 0.15) is 12.5 Å². The van der Waals surface area contributed by atoms with Crippen molar-refractivity contribution < 1.29 is 4.39 Å². The monoisotopic (exact) mass is 219 g/mol. The first-order chi connectivity index (χ1) is 7.63. The molecule has 0 atom stereocenters. The van der Waals surface area contributed by atoms with Crippen molar-refractivity contribution in [3.8, 4) is 11.4 Å². The summed E-state index contributed by atoms with van der Waals surface area (Å²) in [4.78, 5) is 4.16. The molecule has 1 heterocycles. The van der Waals surface area contributed by atoms with Crippen LogP contribution in [0.15, 0.2) is 24.5 Å². The van der Waals surface area contributed by atoms with Crippen molar-refractivity contribution in [1.29, 1.82) is 0 Å². The van der Waals surface area contributed by atoms with Gasteiger partial charge in [0.05, 0.1) is 5.56 Å². The van der Waals surface area contributed by atoms with Crippen LogP contribution in [-0.4, -0.2) is 9.55 Å². The lowest BCUT2D eigenvalue weighted by Gasteiger charge is -2.08. The highest BCUT2D eigenvalue weighted by Gasteiger charge is 2.12. The maximum Gasteiger partial charge on any atom is 0.142 e. The van der Waals surface area contributed by atoms with E-state index in [1.165, 1.54) is 6.07 Å². The van der Waals surface area contributed by atoms with Gasteiger partial charge in [-0.2, -0.15) is 0 Å². The Morgan fingerprint density at radius 3 is 2.88 bits per heavy atom. The quantitative estimate of drug-likeness (QED) is 0.789. The predicted molar refractivity (Wildman–Crippen MR) is 62.4 cm³/mol. The fraction of sp³-hybridized carbons (Fsp3) is 0.250. The maximum absolute atomic E-state index is 13.8. The molecular formula is C12H14FN3. The van der Waals surface area contributed by atoms with Gasteiger partial charge in [-0.3, -0.25) is 0 Å². The lowest BCUT2D eigenvalue weighted by Crippen LogP contribution is -2.00. The molecule has 0 aliphatic carbocycles. The number of nitrogens with two attached hydrogens (primary N) is 1. The summed E-state index contributed by atoms with van der Waals surface area (Å²) >= 11 is 0. The van der Waals surface area contributed by atoms with Crippen molar-refractivity contribution >= 4 is 5.69 Å². The second-order valence-electron chi connectivity index (χ2n) is 3.73. The standard InChI is InChI=1S/C12H14FN3/c1-3-16-5-4-15-12(16)9-7-11(14)8(2)6-10(9)13/h4-7H,3,14H2,1-2H3. The summed E-state index contributed by atoms with van der Waals surface area (Å²) < 4.78 is 15.7. The third kappa shape index (κ3) is 1.66. The van der Waals surface area contributed by atoms with E-state index in [9.17, 15) is 4.39 Å². The van der Waals surface area contributed by atoms with Gasteiger partial charge in [-0.1, -0.05) is 0 Å². The summed E-state index contributed by atoms with van der Waals surface area (Å²) in [6, 6.07) is 3.08. The van der Waals surface area contributed by atoms with Crippen molar-refractivity contribution in [1.82, 2.24) is 9.55 Å². The van der Waals surface area contributed by atoms with Crippen LogP contribution in [0.4, 0.5) is 10.1 Å². The summed E-state index contributed by atoms with van der Waals surface area (Å²) in [5.41, 5.74) is 7.57. The third-order valence-electron chi connectivity index (χ3n) is 2.65. The Morgan fingerprint density at radius 1 is 1.44 bits per heavy atom. The molecule has 1 aromatic carbocycles. The molecule has 0 saturated heterocycles. The molecular weight excluding hydrogens is 205 g/mol. The van der Waals surface area contributed by atoms with Crippen LogP contribution in [0.2, 0.25) is 0 Å². The Hall–Kier alpha value is -1.84. The molecule has 0 aliphatic heterocycles. The van der Waals surface area contributed by atoms with Crippen LogP contribution in [0.3, 0.4) is 0 Å². The Morgan fingerprint density at radius 2 is 2.19 bits per heavy atom. The predicted octanol–water partition coefficient (Wildman–Crippen LogP) is 2.60. The van der Waals surface area contributed by atoms with Crippen molar-refractivity contribution in [3.05, 3.63) is 35.9 Å². The number of aromatic nitrogens is 2. The minimum absolute atomic E-state index is 0.285. The van der Waals surface area contributed by atoms with E-state index in [4.69, 9.17) is 5.73 Å². The summed E-state index contributed by atoms with van der Waals surface area (Å²) in [5, 5.41) is 0. The van der Waals surface area contributed by atoms with Gasteiger partial charge in [-0.25, -0.2) is 9.37 Å². The smallest absolute Gasteiger partial charge is 0.142 e. The van der Waals surface area contributed by atoms with E-state index in [0.717, 1.165) is 12.1 Å². The Balaban J connectivity index is 2.60. The SMILES string of the molecule is CCn1ccnc1-c1cc(N)c(C)cc1F. The van der Waals surface area contributed by atoms with Crippen LogP contribution >= 0.6 is 0 Å². The number of anilines is 1. The molecule has 2 aromatic rings. The number of imidazole rings is 1. The number of hydrogen-bond donors (Lipinski definition) is 1. The van der Waals surface area contributed by atoms with Crippen molar-refractivity contribution in [2.45, 2.75) is 20.4 Å². The van der Waals surface area contributed by atoms with Gasteiger partial charge in [0.15, 0.2) is 0 Å². The van der Waals surface area contributed by atoms with E-state index in [1.807, 2.05) is 17.7 Å². The minimum Gasteiger partial charge on any atom is -0.398 e. The highest BCUT2D eigenvalue weighted by Crippen LogP contribution is 2.25. The molecule has 0 radical (unpaired) electrons. The van der Waals surface area contributed by atoms with Gasteiger partial charge in [0, 0.05) is 24.6 Å². The molecule has 84 valence electrons. The zero-order valence-electron chi connectivity index (χ0n) is 9.37. The summed E-state index contributed by atoms with van der Waals surface area (Å²) in [6.45, 7) is 4.53. The first kappa shape index (κ1) is 10.7.